The molecule has 1 atom stereocenters. The molecule has 3 nitrogen and oxygen atoms in total. The number of allylic oxidation sites excluding steroid dienone is 5. The van der Waals surface area contributed by atoms with Gasteiger partial charge in [-0.2, -0.15) is 0 Å². The smallest absolute Gasteiger partial charge is 0.135 e. The second kappa shape index (κ2) is 11.1. The molecule has 6 aromatic carbocycles. The molecule has 11 rings (SSSR count). The monoisotopic (exact) mass is 654 g/mol. The van der Waals surface area contributed by atoms with E-state index in [1.54, 1.807) is 0 Å². The third kappa shape index (κ3) is 4.31. The minimum Gasteiger partial charge on any atom is -0.458 e. The summed E-state index contributed by atoms with van der Waals surface area (Å²) in [6, 6.07) is 49.2. The highest BCUT2D eigenvalue weighted by Crippen LogP contribution is 2.44. The lowest BCUT2D eigenvalue weighted by Crippen LogP contribution is -2.12. The molecule has 51 heavy (non-hydrogen) atoms. The number of nitrogens with zero attached hydrogens (tertiary/aromatic N) is 2. The molecular formula is C48H34N2O. The largest absolute Gasteiger partial charge is 0.458 e. The molecule has 3 heterocycles. The summed E-state index contributed by atoms with van der Waals surface area (Å²) in [5.74, 6) is 1.05. The molecule has 9 aromatic rings. The summed E-state index contributed by atoms with van der Waals surface area (Å²) in [4.78, 5) is 0. The summed E-state index contributed by atoms with van der Waals surface area (Å²) >= 11 is 0. The zero-order chi connectivity index (χ0) is 33.5. The van der Waals surface area contributed by atoms with E-state index in [0.717, 1.165) is 30.6 Å². The molecule has 3 aromatic heterocycles. The SMILES string of the molecule is C1=CCCC(c2ccc(-n3c4ccccc4c4cc(-c5ccc6c(c5)c5ccccc5n6C5CC=Cc6c5oc5ccccc65)ccc43)cc2)=C1. The Kier molecular flexibility index (Phi) is 6.20. The summed E-state index contributed by atoms with van der Waals surface area (Å²) in [7, 11) is 0. The topological polar surface area (TPSA) is 23.0 Å². The van der Waals surface area contributed by atoms with Gasteiger partial charge in [0.15, 0.2) is 0 Å². The van der Waals surface area contributed by atoms with Crippen molar-refractivity contribution >= 4 is 66.2 Å². The number of aromatic nitrogens is 2. The molecule has 0 fully saturated rings. The van der Waals surface area contributed by atoms with E-state index in [2.05, 4.69) is 173 Å². The first-order chi connectivity index (χ1) is 25.3. The quantitative estimate of drug-likeness (QED) is 0.185. The minimum atomic E-state index is 0.0819. The molecule has 1 unspecified atom stereocenters. The highest BCUT2D eigenvalue weighted by Gasteiger charge is 2.28. The number of rotatable bonds is 4. The van der Waals surface area contributed by atoms with Crippen LogP contribution in [0.15, 0.2) is 162 Å². The first-order valence-corrected chi connectivity index (χ1v) is 18.0. The van der Waals surface area contributed by atoms with Gasteiger partial charge in [-0.3, -0.25) is 0 Å². The van der Waals surface area contributed by atoms with Gasteiger partial charge in [0.1, 0.15) is 11.3 Å². The van der Waals surface area contributed by atoms with Crippen LogP contribution in [0.2, 0.25) is 0 Å². The van der Waals surface area contributed by atoms with Crippen LogP contribution in [0.25, 0.3) is 83.0 Å². The fourth-order valence-electron chi connectivity index (χ4n) is 8.77. The summed E-state index contributed by atoms with van der Waals surface area (Å²) < 4.78 is 11.5. The van der Waals surface area contributed by atoms with E-state index in [0.29, 0.717) is 0 Å². The van der Waals surface area contributed by atoms with Crippen molar-refractivity contribution < 1.29 is 4.42 Å². The van der Waals surface area contributed by atoms with Gasteiger partial charge in [0.25, 0.3) is 0 Å². The molecule has 2 aliphatic rings. The van der Waals surface area contributed by atoms with Crippen LogP contribution in [-0.4, -0.2) is 9.13 Å². The molecular weight excluding hydrogens is 621 g/mol. The first-order valence-electron chi connectivity index (χ1n) is 18.0. The van der Waals surface area contributed by atoms with Crippen LogP contribution in [0, 0.1) is 0 Å². The molecule has 0 spiro atoms. The van der Waals surface area contributed by atoms with Gasteiger partial charge in [-0.05, 0) is 96.1 Å². The van der Waals surface area contributed by atoms with Crippen molar-refractivity contribution in [2.24, 2.45) is 0 Å². The molecule has 3 heteroatoms. The van der Waals surface area contributed by atoms with E-state index in [9.17, 15) is 0 Å². The van der Waals surface area contributed by atoms with Crippen LogP contribution in [0.4, 0.5) is 0 Å². The van der Waals surface area contributed by atoms with Crippen molar-refractivity contribution in [1.82, 2.24) is 9.13 Å². The maximum atomic E-state index is 6.58. The molecule has 0 N–H and O–H groups in total. The molecule has 0 aliphatic heterocycles. The molecule has 0 radical (unpaired) electrons. The second-order valence-electron chi connectivity index (χ2n) is 13.9. The minimum absolute atomic E-state index is 0.0819. The van der Waals surface area contributed by atoms with E-state index in [1.807, 2.05) is 0 Å². The Labute approximate surface area is 295 Å². The zero-order valence-electron chi connectivity index (χ0n) is 28.1. The van der Waals surface area contributed by atoms with Crippen molar-refractivity contribution in [2.45, 2.75) is 25.3 Å². The Morgan fingerprint density at radius 3 is 1.96 bits per heavy atom. The zero-order valence-corrected chi connectivity index (χ0v) is 28.1. The van der Waals surface area contributed by atoms with Crippen LogP contribution in [-0.2, 0) is 0 Å². The van der Waals surface area contributed by atoms with Gasteiger partial charge in [-0.1, -0.05) is 109 Å². The number of para-hydroxylation sites is 3. The average molecular weight is 655 g/mol. The van der Waals surface area contributed by atoms with Crippen molar-refractivity contribution in [1.29, 1.82) is 0 Å². The summed E-state index contributed by atoms with van der Waals surface area (Å²) in [5.41, 5.74) is 13.4. The lowest BCUT2D eigenvalue weighted by Gasteiger charge is -2.22. The van der Waals surface area contributed by atoms with Crippen molar-refractivity contribution in [3.05, 3.63) is 175 Å². The van der Waals surface area contributed by atoms with Crippen LogP contribution in [0.1, 0.15) is 42.2 Å². The first kappa shape index (κ1) is 28.5. The number of benzene rings is 6. The van der Waals surface area contributed by atoms with E-state index >= 15 is 0 Å². The molecule has 2 aliphatic carbocycles. The Morgan fingerprint density at radius 2 is 1.18 bits per heavy atom. The maximum Gasteiger partial charge on any atom is 0.135 e. The lowest BCUT2D eigenvalue weighted by molar-refractivity contribution is 0.461. The third-order valence-corrected chi connectivity index (χ3v) is 11.1. The summed E-state index contributed by atoms with van der Waals surface area (Å²) in [5, 5.41) is 6.24. The Bertz CT molecular complexity index is 2940. The Morgan fingerprint density at radius 1 is 0.549 bits per heavy atom. The fraction of sp³-hybridized carbons (Fsp3) is 0.0833. The normalized spacial score (nSPS) is 15.8. The van der Waals surface area contributed by atoms with Gasteiger partial charge in [-0.15, -0.1) is 0 Å². The summed E-state index contributed by atoms with van der Waals surface area (Å²) in [6.45, 7) is 0. The molecule has 0 saturated heterocycles. The van der Waals surface area contributed by atoms with Gasteiger partial charge in [0.05, 0.1) is 17.1 Å². The van der Waals surface area contributed by atoms with E-state index in [-0.39, 0.29) is 6.04 Å². The molecule has 0 bridgehead atoms. The molecule has 242 valence electrons. The molecule has 0 amide bonds. The number of hydrogen-bond donors (Lipinski definition) is 0. The Hall–Kier alpha value is -6.32. The van der Waals surface area contributed by atoms with E-state index in [1.165, 1.54) is 82.5 Å². The van der Waals surface area contributed by atoms with Gasteiger partial charge in [-0.25, -0.2) is 0 Å². The van der Waals surface area contributed by atoms with Crippen LogP contribution < -0.4 is 0 Å². The third-order valence-electron chi connectivity index (χ3n) is 11.1. The van der Waals surface area contributed by atoms with Crippen LogP contribution >= 0.6 is 0 Å². The fourth-order valence-corrected chi connectivity index (χ4v) is 8.77. The average Bonchev–Trinajstić information content (AvgIpc) is 3.86. The summed E-state index contributed by atoms with van der Waals surface area (Å²) in [6.07, 6.45) is 14.3. The lowest BCUT2D eigenvalue weighted by atomic mass is 9.97. The highest BCUT2D eigenvalue weighted by atomic mass is 16.3. The van der Waals surface area contributed by atoms with Crippen molar-refractivity contribution in [2.75, 3.05) is 0 Å². The van der Waals surface area contributed by atoms with Gasteiger partial charge in [0, 0.05) is 49.2 Å². The number of fused-ring (bicyclic) bond motifs is 9. The van der Waals surface area contributed by atoms with Crippen molar-refractivity contribution in [3.63, 3.8) is 0 Å². The Balaban J connectivity index is 1.04. The second-order valence-corrected chi connectivity index (χ2v) is 13.9. The maximum absolute atomic E-state index is 6.58. The van der Waals surface area contributed by atoms with Crippen molar-refractivity contribution in [3.8, 4) is 16.8 Å². The van der Waals surface area contributed by atoms with Gasteiger partial charge >= 0.3 is 0 Å². The molecule has 0 saturated carbocycles. The highest BCUT2D eigenvalue weighted by molar-refractivity contribution is 6.12. The van der Waals surface area contributed by atoms with Crippen LogP contribution in [0.3, 0.4) is 0 Å². The number of hydrogen-bond acceptors (Lipinski definition) is 1. The van der Waals surface area contributed by atoms with Gasteiger partial charge in [0.2, 0.25) is 0 Å². The van der Waals surface area contributed by atoms with E-state index in [4.69, 9.17) is 4.42 Å². The predicted molar refractivity (Wildman–Crippen MR) is 214 cm³/mol. The van der Waals surface area contributed by atoms with Gasteiger partial charge < -0.3 is 13.6 Å². The van der Waals surface area contributed by atoms with Crippen LogP contribution in [0.5, 0.6) is 0 Å². The predicted octanol–water partition coefficient (Wildman–Crippen LogP) is 13.0. The number of furan rings is 1. The standard InChI is InChI=1S/C48H34N2O/c1-2-11-31(12-3-1)32-21-25-35(26-22-32)49-42-17-7-4-13-36(42)40-29-33(23-27-44(40)49)34-24-28-45-41(30-34)37-14-5-8-18-43(37)50(45)46-19-10-16-39-38-15-6-9-20-47(38)51-48(39)46/h1-2,4-11,13-18,20-30,46H,3,12,19H2. The van der Waals surface area contributed by atoms with E-state index < -0.39 is 0 Å².